The zero-order chi connectivity index (χ0) is 24.0. The van der Waals surface area contributed by atoms with Crippen LogP contribution in [0.5, 0.6) is 5.75 Å². The Morgan fingerprint density at radius 3 is 2.71 bits per heavy atom. The molecule has 2 aromatic carbocycles. The van der Waals surface area contributed by atoms with E-state index in [4.69, 9.17) is 9.72 Å². The molecule has 1 amide bonds. The molecule has 2 aromatic heterocycles. The number of pyridine rings is 1. The van der Waals surface area contributed by atoms with E-state index in [1.807, 2.05) is 54.7 Å². The minimum Gasteiger partial charge on any atom is -0.497 e. The number of benzene rings is 2. The summed E-state index contributed by atoms with van der Waals surface area (Å²) in [6.45, 7) is 0.683. The Morgan fingerprint density at radius 2 is 1.91 bits per heavy atom. The minimum absolute atomic E-state index is 0.0312. The molecule has 5 rings (SSSR count). The number of imidazole rings is 1. The molecule has 0 unspecified atom stereocenters. The molecular formula is C28H30N4O2S. The van der Waals surface area contributed by atoms with Crippen LogP contribution < -0.4 is 10.1 Å². The van der Waals surface area contributed by atoms with E-state index in [-0.39, 0.29) is 5.91 Å². The van der Waals surface area contributed by atoms with Gasteiger partial charge in [0.1, 0.15) is 5.75 Å². The van der Waals surface area contributed by atoms with Crippen LogP contribution in [0.25, 0.3) is 11.0 Å². The van der Waals surface area contributed by atoms with Crippen molar-refractivity contribution in [3.8, 4) is 5.75 Å². The van der Waals surface area contributed by atoms with Crippen LogP contribution >= 0.6 is 11.8 Å². The molecule has 1 aliphatic carbocycles. The molecule has 0 bridgehead atoms. The molecule has 0 saturated heterocycles. The molecule has 0 aliphatic heterocycles. The predicted octanol–water partition coefficient (Wildman–Crippen LogP) is 5.84. The number of carbonyl (C=O) groups excluding carboxylic acids is 1. The van der Waals surface area contributed by atoms with E-state index < -0.39 is 0 Å². The fraction of sp³-hybridized carbons (Fsp3) is 0.321. The lowest BCUT2D eigenvalue weighted by molar-refractivity contribution is 0.0927. The third-order valence-electron chi connectivity index (χ3n) is 6.51. The van der Waals surface area contributed by atoms with Crippen molar-refractivity contribution < 1.29 is 9.53 Å². The number of fused-ring (bicyclic) bond motifs is 1. The van der Waals surface area contributed by atoms with Crippen LogP contribution in [0.15, 0.2) is 72.1 Å². The first kappa shape index (κ1) is 23.4. The number of thioether (sulfide) groups is 1. The molecule has 1 aliphatic rings. The monoisotopic (exact) mass is 486 g/mol. The van der Waals surface area contributed by atoms with Gasteiger partial charge in [-0.15, -0.1) is 0 Å². The lowest BCUT2D eigenvalue weighted by Gasteiger charge is -2.22. The lowest BCUT2D eigenvalue weighted by Crippen LogP contribution is -2.36. The third-order valence-corrected chi connectivity index (χ3v) is 7.56. The van der Waals surface area contributed by atoms with E-state index >= 15 is 0 Å². The summed E-state index contributed by atoms with van der Waals surface area (Å²) in [6, 6.07) is 18.3. The Balaban J connectivity index is 1.29. The quantitative estimate of drug-likeness (QED) is 0.317. The van der Waals surface area contributed by atoms with Crippen molar-refractivity contribution in [1.82, 2.24) is 19.9 Å². The molecule has 180 valence electrons. The van der Waals surface area contributed by atoms with Crippen molar-refractivity contribution in [2.75, 3.05) is 7.11 Å². The van der Waals surface area contributed by atoms with Gasteiger partial charge in [0.15, 0.2) is 5.16 Å². The van der Waals surface area contributed by atoms with Gasteiger partial charge in [-0.25, -0.2) is 4.98 Å². The van der Waals surface area contributed by atoms with Gasteiger partial charge in [-0.05, 0) is 54.3 Å². The fourth-order valence-corrected chi connectivity index (χ4v) is 5.55. The van der Waals surface area contributed by atoms with Crippen molar-refractivity contribution in [2.45, 2.75) is 55.6 Å². The van der Waals surface area contributed by atoms with Gasteiger partial charge in [-0.3, -0.25) is 9.78 Å². The maximum absolute atomic E-state index is 12.6. The molecule has 4 aromatic rings. The number of ether oxygens (including phenoxy) is 1. The van der Waals surface area contributed by atoms with E-state index in [0.29, 0.717) is 12.6 Å². The van der Waals surface area contributed by atoms with Gasteiger partial charge < -0.3 is 14.6 Å². The van der Waals surface area contributed by atoms with Crippen molar-refractivity contribution in [3.05, 3.63) is 83.7 Å². The third kappa shape index (κ3) is 5.68. The highest BCUT2D eigenvalue weighted by molar-refractivity contribution is 7.98. The van der Waals surface area contributed by atoms with Crippen molar-refractivity contribution in [3.63, 3.8) is 0 Å². The van der Waals surface area contributed by atoms with Gasteiger partial charge in [0, 0.05) is 23.6 Å². The molecule has 2 heterocycles. The molecular weight excluding hydrogens is 456 g/mol. The Kier molecular flexibility index (Phi) is 7.33. The zero-order valence-electron chi connectivity index (χ0n) is 19.9. The number of rotatable bonds is 8. The summed E-state index contributed by atoms with van der Waals surface area (Å²) in [6.07, 6.45) is 9.52. The number of amides is 1. The topological polar surface area (TPSA) is 69.0 Å². The van der Waals surface area contributed by atoms with Crippen LogP contribution in [0.4, 0.5) is 0 Å². The second-order valence-corrected chi connectivity index (χ2v) is 9.93. The lowest BCUT2D eigenvalue weighted by atomic mass is 9.95. The summed E-state index contributed by atoms with van der Waals surface area (Å²) in [4.78, 5) is 21.8. The first-order valence-electron chi connectivity index (χ1n) is 12.2. The van der Waals surface area contributed by atoms with Crippen LogP contribution in [0.2, 0.25) is 0 Å². The zero-order valence-corrected chi connectivity index (χ0v) is 20.8. The molecule has 0 atom stereocenters. The number of aromatic nitrogens is 3. The van der Waals surface area contributed by atoms with Gasteiger partial charge in [0.2, 0.25) is 0 Å². The van der Waals surface area contributed by atoms with E-state index in [9.17, 15) is 4.79 Å². The minimum atomic E-state index is 0.0312. The average molecular weight is 487 g/mol. The number of hydrogen-bond donors (Lipinski definition) is 1. The number of methoxy groups -OCH3 is 1. The van der Waals surface area contributed by atoms with E-state index in [2.05, 4.69) is 20.9 Å². The van der Waals surface area contributed by atoms with Gasteiger partial charge in [-0.1, -0.05) is 55.3 Å². The fourth-order valence-electron chi connectivity index (χ4n) is 4.58. The van der Waals surface area contributed by atoms with Crippen LogP contribution in [-0.2, 0) is 12.3 Å². The van der Waals surface area contributed by atoms with E-state index in [1.165, 1.54) is 19.3 Å². The van der Waals surface area contributed by atoms with Crippen LogP contribution in [-0.4, -0.2) is 33.6 Å². The number of carbonyl (C=O) groups is 1. The molecule has 35 heavy (non-hydrogen) atoms. The largest absolute Gasteiger partial charge is 0.497 e. The molecule has 0 radical (unpaired) electrons. The summed E-state index contributed by atoms with van der Waals surface area (Å²) >= 11 is 1.69. The molecule has 6 nitrogen and oxygen atoms in total. The second kappa shape index (κ2) is 11.0. The number of nitrogens with zero attached hydrogens (tertiary/aromatic N) is 3. The Labute approximate surface area is 210 Å². The highest BCUT2D eigenvalue weighted by atomic mass is 32.2. The second-order valence-electron chi connectivity index (χ2n) is 8.99. The van der Waals surface area contributed by atoms with Gasteiger partial charge in [0.25, 0.3) is 5.91 Å². The first-order chi connectivity index (χ1) is 17.2. The Bertz CT molecular complexity index is 1300. The van der Waals surface area contributed by atoms with Gasteiger partial charge in [-0.2, -0.15) is 0 Å². The molecule has 7 heteroatoms. The van der Waals surface area contributed by atoms with Gasteiger partial charge >= 0.3 is 0 Å². The van der Waals surface area contributed by atoms with Crippen molar-refractivity contribution in [1.29, 1.82) is 0 Å². The van der Waals surface area contributed by atoms with Crippen LogP contribution in [0, 0.1) is 0 Å². The summed E-state index contributed by atoms with van der Waals surface area (Å²) in [5.74, 6) is 1.63. The predicted molar refractivity (Wildman–Crippen MR) is 140 cm³/mol. The Morgan fingerprint density at radius 1 is 1.09 bits per heavy atom. The summed E-state index contributed by atoms with van der Waals surface area (Å²) in [5, 5.41) is 4.13. The van der Waals surface area contributed by atoms with Crippen molar-refractivity contribution >= 4 is 28.7 Å². The maximum atomic E-state index is 12.6. The summed E-state index contributed by atoms with van der Waals surface area (Å²) in [5.41, 5.74) is 4.96. The standard InChI is InChI=1S/C28H30N4O2S/c1-34-24-9-5-6-21(16-24)18-32-26-17-29-15-14-25(26)31-28(32)35-19-20-10-12-22(13-11-20)27(33)30-23-7-3-2-4-8-23/h5-6,9-17,23H,2-4,7-8,18-19H2,1H3,(H,30,33). The molecule has 1 N–H and O–H groups in total. The van der Waals surface area contributed by atoms with E-state index in [1.54, 1.807) is 25.1 Å². The molecule has 0 spiro atoms. The normalized spacial score (nSPS) is 14.2. The van der Waals surface area contributed by atoms with Gasteiger partial charge in [0.05, 0.1) is 30.9 Å². The molecule has 1 fully saturated rings. The highest BCUT2D eigenvalue weighted by Crippen LogP contribution is 2.28. The SMILES string of the molecule is COc1cccc(Cn2c(SCc3ccc(C(=O)NC4CCCCC4)cc3)nc3ccncc32)c1. The smallest absolute Gasteiger partial charge is 0.251 e. The molecule has 1 saturated carbocycles. The van der Waals surface area contributed by atoms with Crippen LogP contribution in [0.3, 0.4) is 0 Å². The first-order valence-corrected chi connectivity index (χ1v) is 13.1. The maximum Gasteiger partial charge on any atom is 0.251 e. The average Bonchev–Trinajstić information content (AvgIpc) is 3.25. The number of hydrogen-bond acceptors (Lipinski definition) is 5. The van der Waals surface area contributed by atoms with Crippen molar-refractivity contribution in [2.24, 2.45) is 0 Å². The summed E-state index contributed by atoms with van der Waals surface area (Å²) < 4.78 is 7.60. The summed E-state index contributed by atoms with van der Waals surface area (Å²) in [7, 11) is 1.68. The Hall–Kier alpha value is -3.32. The number of nitrogens with one attached hydrogen (secondary N) is 1. The van der Waals surface area contributed by atoms with E-state index in [0.717, 1.165) is 57.2 Å². The van der Waals surface area contributed by atoms with Crippen LogP contribution in [0.1, 0.15) is 53.6 Å². The highest BCUT2D eigenvalue weighted by Gasteiger charge is 2.17.